The van der Waals surface area contributed by atoms with Crippen molar-refractivity contribution in [1.29, 1.82) is 0 Å². The number of nitrogens with one attached hydrogen (secondary N) is 1. The van der Waals surface area contributed by atoms with Crippen molar-refractivity contribution in [2.45, 2.75) is 38.5 Å². The molecule has 0 aliphatic rings. The molecule has 1 rings (SSSR count). The van der Waals surface area contributed by atoms with E-state index in [4.69, 9.17) is 0 Å². The van der Waals surface area contributed by atoms with Crippen molar-refractivity contribution in [3.63, 3.8) is 0 Å². The predicted molar refractivity (Wildman–Crippen MR) is 74.3 cm³/mol. The van der Waals surface area contributed by atoms with E-state index in [1.54, 1.807) is 32.1 Å². The van der Waals surface area contributed by atoms with E-state index in [0.29, 0.717) is 6.54 Å². The van der Waals surface area contributed by atoms with E-state index in [1.165, 1.54) is 4.88 Å². The molecule has 0 aliphatic carbocycles. The van der Waals surface area contributed by atoms with E-state index in [1.807, 2.05) is 11.4 Å². The van der Waals surface area contributed by atoms with Gasteiger partial charge in [0.05, 0.1) is 10.5 Å². The Bertz CT molecular complexity index is 430. The fraction of sp³-hybridized carbons (Fsp3) is 0.667. The molecule has 1 aromatic rings. The summed E-state index contributed by atoms with van der Waals surface area (Å²) >= 11 is 1.68. The Morgan fingerprint density at radius 1 is 1.41 bits per heavy atom. The van der Waals surface area contributed by atoms with Crippen LogP contribution in [0, 0.1) is 0 Å². The average molecular weight is 275 g/mol. The van der Waals surface area contributed by atoms with Crippen LogP contribution in [-0.2, 0) is 9.84 Å². The minimum atomic E-state index is -3.02. The highest BCUT2D eigenvalue weighted by molar-refractivity contribution is 7.92. The number of hydrogen-bond donors (Lipinski definition) is 1. The lowest BCUT2D eigenvalue weighted by Crippen LogP contribution is -2.35. The quantitative estimate of drug-likeness (QED) is 0.898. The minimum absolute atomic E-state index is 0.187. The highest BCUT2D eigenvalue weighted by atomic mass is 32.2. The Morgan fingerprint density at radius 3 is 2.53 bits per heavy atom. The number of sulfone groups is 1. The molecule has 3 nitrogen and oxygen atoms in total. The summed E-state index contributed by atoms with van der Waals surface area (Å²) < 4.78 is 23.1. The summed E-state index contributed by atoms with van der Waals surface area (Å²) in [7, 11) is -3.02. The van der Waals surface area contributed by atoms with Gasteiger partial charge in [-0.1, -0.05) is 6.07 Å². The molecule has 0 saturated carbocycles. The van der Waals surface area contributed by atoms with Gasteiger partial charge in [0, 0.05) is 17.5 Å². The van der Waals surface area contributed by atoms with Gasteiger partial charge in [0.1, 0.15) is 0 Å². The molecule has 0 fully saturated rings. The summed E-state index contributed by atoms with van der Waals surface area (Å²) in [5.41, 5.74) is 0. The second-order valence-corrected chi connectivity index (χ2v) is 8.96. The maximum absolute atomic E-state index is 11.9. The van der Waals surface area contributed by atoms with Gasteiger partial charge in [-0.25, -0.2) is 8.42 Å². The standard InChI is InChI=1S/C12H21NO2S2/c1-10(11-6-5-8-16-11)13-7-9-17(14,15)12(2,3)4/h5-6,8,10,13H,7,9H2,1-4H3/t10-/m0/s1. The monoisotopic (exact) mass is 275 g/mol. The van der Waals surface area contributed by atoms with E-state index in [-0.39, 0.29) is 11.8 Å². The van der Waals surface area contributed by atoms with Gasteiger partial charge in [-0.2, -0.15) is 0 Å². The Kier molecular flexibility index (Phi) is 4.75. The van der Waals surface area contributed by atoms with E-state index < -0.39 is 14.6 Å². The third-order valence-electron chi connectivity index (χ3n) is 2.72. The molecule has 0 aliphatic heterocycles. The van der Waals surface area contributed by atoms with Gasteiger partial charge in [0.2, 0.25) is 0 Å². The van der Waals surface area contributed by atoms with Crippen molar-refractivity contribution < 1.29 is 8.42 Å². The molecule has 0 amide bonds. The molecular formula is C12H21NO2S2. The number of hydrogen-bond acceptors (Lipinski definition) is 4. The van der Waals surface area contributed by atoms with Crippen LogP contribution in [0.25, 0.3) is 0 Å². The number of rotatable bonds is 5. The molecule has 0 bridgehead atoms. The molecule has 1 N–H and O–H groups in total. The summed E-state index contributed by atoms with van der Waals surface area (Å²) in [6, 6.07) is 4.27. The first-order valence-electron chi connectivity index (χ1n) is 5.73. The lowest BCUT2D eigenvalue weighted by atomic mass is 10.3. The van der Waals surface area contributed by atoms with Crippen LogP contribution in [0.2, 0.25) is 0 Å². The third kappa shape index (κ3) is 4.08. The highest BCUT2D eigenvalue weighted by Gasteiger charge is 2.28. The normalized spacial score (nSPS) is 14.8. The second kappa shape index (κ2) is 5.50. The summed E-state index contributed by atoms with van der Waals surface area (Å²) in [6.45, 7) is 7.77. The zero-order chi connectivity index (χ0) is 13.1. The first kappa shape index (κ1) is 14.7. The fourth-order valence-electron chi connectivity index (χ4n) is 1.35. The van der Waals surface area contributed by atoms with Gasteiger partial charge < -0.3 is 5.32 Å². The van der Waals surface area contributed by atoms with E-state index in [9.17, 15) is 8.42 Å². The smallest absolute Gasteiger partial charge is 0.156 e. The van der Waals surface area contributed by atoms with Crippen LogP contribution in [0.5, 0.6) is 0 Å². The van der Waals surface area contributed by atoms with Crippen LogP contribution in [0.1, 0.15) is 38.6 Å². The van der Waals surface area contributed by atoms with Crippen LogP contribution in [0.3, 0.4) is 0 Å². The molecule has 0 saturated heterocycles. The van der Waals surface area contributed by atoms with E-state index in [2.05, 4.69) is 18.3 Å². The van der Waals surface area contributed by atoms with E-state index in [0.717, 1.165) is 0 Å². The maximum Gasteiger partial charge on any atom is 0.156 e. The first-order chi connectivity index (χ1) is 7.74. The first-order valence-corrected chi connectivity index (χ1v) is 8.26. The highest BCUT2D eigenvalue weighted by Crippen LogP contribution is 2.19. The average Bonchev–Trinajstić information content (AvgIpc) is 2.67. The molecule has 1 atom stereocenters. The Morgan fingerprint density at radius 2 is 2.06 bits per heavy atom. The fourth-order valence-corrected chi connectivity index (χ4v) is 3.11. The molecule has 1 heterocycles. The molecule has 0 unspecified atom stereocenters. The maximum atomic E-state index is 11.9. The lowest BCUT2D eigenvalue weighted by molar-refractivity contribution is 0.548. The van der Waals surface area contributed by atoms with Gasteiger partial charge in [-0.05, 0) is 39.1 Å². The Balaban J connectivity index is 2.44. The van der Waals surface area contributed by atoms with Gasteiger partial charge in [0.15, 0.2) is 9.84 Å². The van der Waals surface area contributed by atoms with E-state index >= 15 is 0 Å². The molecule has 0 aromatic carbocycles. The van der Waals surface area contributed by atoms with Gasteiger partial charge in [0.25, 0.3) is 0 Å². The largest absolute Gasteiger partial charge is 0.308 e. The van der Waals surface area contributed by atoms with Crippen LogP contribution in [0.15, 0.2) is 17.5 Å². The molecule has 17 heavy (non-hydrogen) atoms. The molecule has 98 valence electrons. The van der Waals surface area contributed by atoms with Crippen molar-refractivity contribution in [2.24, 2.45) is 0 Å². The van der Waals surface area contributed by atoms with Crippen molar-refractivity contribution in [3.05, 3.63) is 22.4 Å². The van der Waals surface area contributed by atoms with Crippen molar-refractivity contribution in [1.82, 2.24) is 5.32 Å². The van der Waals surface area contributed by atoms with Crippen LogP contribution >= 0.6 is 11.3 Å². The summed E-state index contributed by atoms with van der Waals surface area (Å²) in [6.07, 6.45) is 0. The molecule has 1 aromatic heterocycles. The third-order valence-corrected chi connectivity index (χ3v) is 6.39. The van der Waals surface area contributed by atoms with Crippen LogP contribution < -0.4 is 5.32 Å². The summed E-state index contributed by atoms with van der Waals surface area (Å²) in [4.78, 5) is 1.23. The summed E-state index contributed by atoms with van der Waals surface area (Å²) in [5, 5.41) is 5.27. The zero-order valence-corrected chi connectivity index (χ0v) is 12.5. The molecule has 0 spiro atoms. The lowest BCUT2D eigenvalue weighted by Gasteiger charge is -2.20. The topological polar surface area (TPSA) is 46.2 Å². The zero-order valence-electron chi connectivity index (χ0n) is 10.9. The molecular weight excluding hydrogens is 254 g/mol. The van der Waals surface area contributed by atoms with Crippen molar-refractivity contribution in [2.75, 3.05) is 12.3 Å². The molecule has 5 heteroatoms. The molecule has 0 radical (unpaired) electrons. The SMILES string of the molecule is C[C@H](NCCS(=O)(=O)C(C)(C)C)c1cccs1. The second-order valence-electron chi connectivity index (χ2n) is 5.12. The Labute approximate surface area is 108 Å². The number of thiophene rings is 1. The Hall–Kier alpha value is -0.390. The van der Waals surface area contributed by atoms with Gasteiger partial charge in [-0.15, -0.1) is 11.3 Å². The van der Waals surface area contributed by atoms with Crippen LogP contribution in [0.4, 0.5) is 0 Å². The predicted octanol–water partition coefficient (Wildman–Crippen LogP) is 2.61. The van der Waals surface area contributed by atoms with Crippen molar-refractivity contribution in [3.8, 4) is 0 Å². The van der Waals surface area contributed by atoms with Gasteiger partial charge >= 0.3 is 0 Å². The van der Waals surface area contributed by atoms with Gasteiger partial charge in [-0.3, -0.25) is 0 Å². The minimum Gasteiger partial charge on any atom is -0.308 e. The summed E-state index contributed by atoms with van der Waals surface area (Å²) in [5.74, 6) is 0.187. The van der Waals surface area contributed by atoms with Crippen molar-refractivity contribution >= 4 is 21.2 Å². The van der Waals surface area contributed by atoms with Crippen LogP contribution in [-0.4, -0.2) is 25.5 Å².